The van der Waals surface area contributed by atoms with E-state index in [1.165, 1.54) is 32.1 Å². The first-order valence-corrected chi connectivity index (χ1v) is 8.70. The first kappa shape index (κ1) is 16.9. The summed E-state index contributed by atoms with van der Waals surface area (Å²) in [6, 6.07) is 4.62. The van der Waals surface area contributed by atoms with E-state index < -0.39 is 0 Å². The van der Waals surface area contributed by atoms with Crippen molar-refractivity contribution in [1.82, 2.24) is 4.90 Å². The van der Waals surface area contributed by atoms with Gasteiger partial charge in [0.2, 0.25) is 0 Å². The van der Waals surface area contributed by atoms with Gasteiger partial charge in [0.1, 0.15) is 0 Å². The lowest BCUT2D eigenvalue weighted by molar-refractivity contribution is 0.179. The van der Waals surface area contributed by atoms with E-state index in [-0.39, 0.29) is 0 Å². The number of halogens is 2. The van der Waals surface area contributed by atoms with Crippen LogP contribution in [0.15, 0.2) is 12.1 Å². The fourth-order valence-electron chi connectivity index (χ4n) is 3.05. The summed E-state index contributed by atoms with van der Waals surface area (Å²) in [5.74, 6) is 0.729. The average Bonchev–Trinajstić information content (AvgIpc) is 2.94. The summed E-state index contributed by atoms with van der Waals surface area (Å²) in [5.41, 5.74) is 7.47. The molecule has 0 spiro atoms. The number of hydrogen-bond donors (Lipinski definition) is 1. The van der Waals surface area contributed by atoms with Crippen LogP contribution in [0.2, 0.25) is 10.0 Å². The molecule has 2 nitrogen and oxygen atoms in total. The highest BCUT2D eigenvalue weighted by atomic mass is 35.5. The molecular weight excluding hydrogens is 303 g/mol. The van der Waals surface area contributed by atoms with Crippen molar-refractivity contribution in [2.75, 3.05) is 12.3 Å². The summed E-state index contributed by atoms with van der Waals surface area (Å²) >= 11 is 12.3. The van der Waals surface area contributed by atoms with Crippen molar-refractivity contribution in [3.63, 3.8) is 0 Å². The summed E-state index contributed by atoms with van der Waals surface area (Å²) in [7, 11) is 0. The van der Waals surface area contributed by atoms with Gasteiger partial charge in [-0.1, -0.05) is 49.9 Å². The first-order valence-electron chi connectivity index (χ1n) is 7.94. The summed E-state index contributed by atoms with van der Waals surface area (Å²) < 4.78 is 0. The topological polar surface area (TPSA) is 29.3 Å². The van der Waals surface area contributed by atoms with Gasteiger partial charge in [-0.05, 0) is 49.4 Å². The molecule has 4 heteroatoms. The standard InChI is InChI=1S/C17H26Cl2N2/c1-12(2)7-8-21(14-5-3-4-6-14)11-13-9-15(18)17(20)16(19)10-13/h9-10,12,14H,3-8,11,20H2,1-2H3. The molecule has 118 valence electrons. The molecule has 0 radical (unpaired) electrons. The zero-order valence-corrected chi connectivity index (χ0v) is 14.6. The summed E-state index contributed by atoms with van der Waals surface area (Å²) in [6.07, 6.45) is 6.56. The Morgan fingerprint density at radius 2 is 1.76 bits per heavy atom. The maximum atomic E-state index is 6.16. The van der Waals surface area contributed by atoms with Gasteiger partial charge in [0.15, 0.2) is 0 Å². The number of hydrogen-bond acceptors (Lipinski definition) is 2. The number of benzene rings is 1. The summed E-state index contributed by atoms with van der Waals surface area (Å²) in [4.78, 5) is 2.60. The minimum absolute atomic E-state index is 0.483. The molecule has 0 saturated heterocycles. The lowest BCUT2D eigenvalue weighted by Crippen LogP contribution is -2.34. The maximum absolute atomic E-state index is 6.16. The predicted molar refractivity (Wildman–Crippen MR) is 93.0 cm³/mol. The molecule has 0 atom stereocenters. The third-order valence-electron chi connectivity index (χ3n) is 4.36. The molecule has 1 aliphatic rings. The van der Waals surface area contributed by atoms with Gasteiger partial charge in [-0.25, -0.2) is 0 Å². The number of nitrogens with zero attached hydrogens (tertiary/aromatic N) is 1. The van der Waals surface area contributed by atoms with Crippen molar-refractivity contribution in [3.8, 4) is 0 Å². The molecule has 0 unspecified atom stereocenters. The normalized spacial score (nSPS) is 16.3. The maximum Gasteiger partial charge on any atom is 0.0693 e. The largest absolute Gasteiger partial charge is 0.396 e. The molecular formula is C17H26Cl2N2. The highest BCUT2D eigenvalue weighted by molar-refractivity contribution is 6.38. The van der Waals surface area contributed by atoms with Crippen molar-refractivity contribution in [1.29, 1.82) is 0 Å². The predicted octanol–water partition coefficient (Wildman–Crippen LogP) is 5.37. The second kappa shape index (κ2) is 7.71. The monoisotopic (exact) mass is 328 g/mol. The second-order valence-electron chi connectivity index (χ2n) is 6.56. The number of anilines is 1. The lowest BCUT2D eigenvalue weighted by Gasteiger charge is -2.29. The van der Waals surface area contributed by atoms with Crippen LogP contribution in [0.3, 0.4) is 0 Å². The van der Waals surface area contributed by atoms with Gasteiger partial charge in [0, 0.05) is 12.6 Å². The third kappa shape index (κ3) is 4.77. The van der Waals surface area contributed by atoms with Crippen LogP contribution in [0.4, 0.5) is 5.69 Å². The Labute approximate surface area is 138 Å². The van der Waals surface area contributed by atoms with Gasteiger partial charge in [0.25, 0.3) is 0 Å². The van der Waals surface area contributed by atoms with Crippen LogP contribution in [0.25, 0.3) is 0 Å². The van der Waals surface area contributed by atoms with E-state index in [2.05, 4.69) is 18.7 Å². The van der Waals surface area contributed by atoms with E-state index in [9.17, 15) is 0 Å². The molecule has 21 heavy (non-hydrogen) atoms. The zero-order valence-electron chi connectivity index (χ0n) is 13.0. The smallest absolute Gasteiger partial charge is 0.0693 e. The minimum atomic E-state index is 0.483. The van der Waals surface area contributed by atoms with Crippen molar-refractivity contribution >= 4 is 28.9 Å². The number of nitrogens with two attached hydrogens (primary N) is 1. The van der Waals surface area contributed by atoms with Crippen LogP contribution in [0, 0.1) is 5.92 Å². The highest BCUT2D eigenvalue weighted by Crippen LogP contribution is 2.31. The summed E-state index contributed by atoms with van der Waals surface area (Å²) in [6.45, 7) is 6.62. The van der Waals surface area contributed by atoms with Crippen LogP contribution in [-0.4, -0.2) is 17.5 Å². The molecule has 0 aliphatic heterocycles. The van der Waals surface area contributed by atoms with Crippen molar-refractivity contribution in [2.45, 2.75) is 58.5 Å². The van der Waals surface area contributed by atoms with Crippen LogP contribution < -0.4 is 5.73 Å². The van der Waals surface area contributed by atoms with Gasteiger partial charge >= 0.3 is 0 Å². The Hall–Kier alpha value is -0.440. The second-order valence-corrected chi connectivity index (χ2v) is 7.38. The Kier molecular flexibility index (Phi) is 6.21. The van der Waals surface area contributed by atoms with Gasteiger partial charge < -0.3 is 5.73 Å². The summed E-state index contributed by atoms with van der Waals surface area (Å²) in [5, 5.41) is 1.13. The fourth-order valence-corrected chi connectivity index (χ4v) is 3.58. The zero-order chi connectivity index (χ0) is 15.4. The highest BCUT2D eigenvalue weighted by Gasteiger charge is 2.23. The molecule has 0 heterocycles. The van der Waals surface area contributed by atoms with Gasteiger partial charge in [-0.3, -0.25) is 4.90 Å². The molecule has 2 rings (SSSR count). The molecule has 0 bridgehead atoms. The molecule has 1 aliphatic carbocycles. The molecule has 0 amide bonds. The van der Waals surface area contributed by atoms with Crippen LogP contribution in [-0.2, 0) is 6.54 Å². The Morgan fingerprint density at radius 1 is 1.19 bits per heavy atom. The van der Waals surface area contributed by atoms with Crippen molar-refractivity contribution < 1.29 is 0 Å². The Morgan fingerprint density at radius 3 is 2.29 bits per heavy atom. The minimum Gasteiger partial charge on any atom is -0.396 e. The fraction of sp³-hybridized carbons (Fsp3) is 0.647. The van der Waals surface area contributed by atoms with Crippen LogP contribution >= 0.6 is 23.2 Å². The van der Waals surface area contributed by atoms with E-state index >= 15 is 0 Å². The van der Waals surface area contributed by atoms with E-state index in [1.807, 2.05) is 12.1 Å². The quantitative estimate of drug-likeness (QED) is 0.711. The number of rotatable bonds is 6. The Bertz CT molecular complexity index is 445. The first-order chi connectivity index (χ1) is 9.97. The van der Waals surface area contributed by atoms with Crippen molar-refractivity contribution in [3.05, 3.63) is 27.7 Å². The number of nitrogen functional groups attached to an aromatic ring is 1. The van der Waals surface area contributed by atoms with Gasteiger partial charge in [-0.15, -0.1) is 0 Å². The molecule has 1 fully saturated rings. The molecule has 0 aromatic heterocycles. The van der Waals surface area contributed by atoms with Gasteiger partial charge in [0.05, 0.1) is 15.7 Å². The van der Waals surface area contributed by atoms with Gasteiger partial charge in [-0.2, -0.15) is 0 Å². The van der Waals surface area contributed by atoms with E-state index in [0.717, 1.165) is 24.6 Å². The third-order valence-corrected chi connectivity index (χ3v) is 4.98. The van der Waals surface area contributed by atoms with E-state index in [4.69, 9.17) is 28.9 Å². The van der Waals surface area contributed by atoms with Crippen molar-refractivity contribution in [2.24, 2.45) is 5.92 Å². The van der Waals surface area contributed by atoms with Crippen LogP contribution in [0.1, 0.15) is 51.5 Å². The Balaban J connectivity index is 2.09. The average molecular weight is 329 g/mol. The SMILES string of the molecule is CC(C)CCN(Cc1cc(Cl)c(N)c(Cl)c1)C1CCCC1. The molecule has 2 N–H and O–H groups in total. The molecule has 1 saturated carbocycles. The molecule has 1 aromatic rings. The van der Waals surface area contributed by atoms with E-state index in [0.29, 0.717) is 21.8 Å². The lowest BCUT2D eigenvalue weighted by atomic mass is 10.1. The molecule has 1 aromatic carbocycles. The van der Waals surface area contributed by atoms with Crippen LogP contribution in [0.5, 0.6) is 0 Å². The van der Waals surface area contributed by atoms with E-state index in [1.54, 1.807) is 0 Å².